The molecule has 27 heavy (non-hydrogen) atoms. The van der Waals surface area contributed by atoms with E-state index in [0.717, 1.165) is 5.56 Å². The van der Waals surface area contributed by atoms with E-state index in [2.05, 4.69) is 15.6 Å². The summed E-state index contributed by atoms with van der Waals surface area (Å²) in [5.41, 5.74) is 1.47. The molecule has 3 amide bonds. The van der Waals surface area contributed by atoms with Gasteiger partial charge < -0.3 is 15.6 Å². The maximum absolute atomic E-state index is 12.5. The van der Waals surface area contributed by atoms with Crippen molar-refractivity contribution in [2.45, 2.75) is 29.2 Å². The van der Waals surface area contributed by atoms with Crippen LogP contribution in [0.4, 0.5) is 4.79 Å². The fourth-order valence-electron chi connectivity index (χ4n) is 2.44. The van der Waals surface area contributed by atoms with E-state index in [1.807, 2.05) is 17.7 Å². The summed E-state index contributed by atoms with van der Waals surface area (Å²) in [6.07, 6.45) is 5.33. The number of urea groups is 1. The van der Waals surface area contributed by atoms with Crippen molar-refractivity contribution in [3.63, 3.8) is 0 Å². The minimum atomic E-state index is -4.05. The molecular weight excluding hydrogens is 388 g/mol. The van der Waals surface area contributed by atoms with Crippen LogP contribution in [0.3, 0.4) is 0 Å². The van der Waals surface area contributed by atoms with E-state index in [9.17, 15) is 18.0 Å². The van der Waals surface area contributed by atoms with Crippen LogP contribution in [0.15, 0.2) is 46.5 Å². The van der Waals surface area contributed by atoms with E-state index < -0.39 is 16.1 Å². The Kier molecular flexibility index (Phi) is 6.92. The first-order valence-electron chi connectivity index (χ1n) is 8.10. The summed E-state index contributed by atoms with van der Waals surface area (Å²) in [5.74, 6) is -0.233. The predicted octanol–water partition coefficient (Wildman–Crippen LogP) is 1.77. The molecule has 0 aliphatic heterocycles. The van der Waals surface area contributed by atoms with Crippen LogP contribution in [0, 0.1) is 0 Å². The number of aromatic nitrogens is 1. The zero-order chi connectivity index (χ0) is 20.0. The molecule has 8 nitrogen and oxygen atoms in total. The SMILES string of the molecule is CNC(=O)NS(=O)(=O)c1cc(CC(=O)NC(C)c2cc[nH]c2)ccc1SC. The Morgan fingerprint density at radius 3 is 2.59 bits per heavy atom. The van der Waals surface area contributed by atoms with Crippen LogP contribution in [0.2, 0.25) is 0 Å². The van der Waals surface area contributed by atoms with Gasteiger partial charge in [0.25, 0.3) is 10.0 Å². The summed E-state index contributed by atoms with van der Waals surface area (Å²) in [7, 11) is -2.72. The molecule has 0 aliphatic rings. The number of carbonyl (C=O) groups excluding carboxylic acids is 2. The maximum Gasteiger partial charge on any atom is 0.328 e. The molecule has 0 aliphatic carbocycles. The Balaban J connectivity index is 2.18. The van der Waals surface area contributed by atoms with Crippen LogP contribution in [-0.2, 0) is 21.2 Å². The number of sulfonamides is 1. The molecule has 4 N–H and O–H groups in total. The highest BCUT2D eigenvalue weighted by atomic mass is 32.2. The van der Waals surface area contributed by atoms with E-state index in [-0.39, 0.29) is 23.3 Å². The minimum absolute atomic E-state index is 0.0198. The third-order valence-corrected chi connectivity index (χ3v) is 6.13. The van der Waals surface area contributed by atoms with Gasteiger partial charge in [-0.1, -0.05) is 6.07 Å². The van der Waals surface area contributed by atoms with Crippen molar-refractivity contribution < 1.29 is 18.0 Å². The first kappa shape index (κ1) is 20.8. The lowest BCUT2D eigenvalue weighted by Crippen LogP contribution is -2.37. The molecule has 1 heterocycles. The first-order valence-corrected chi connectivity index (χ1v) is 10.8. The molecule has 1 aromatic carbocycles. The van der Waals surface area contributed by atoms with Crippen molar-refractivity contribution in [1.29, 1.82) is 0 Å². The number of H-pyrrole nitrogens is 1. The number of carbonyl (C=O) groups is 2. The van der Waals surface area contributed by atoms with Gasteiger partial charge in [-0.25, -0.2) is 17.9 Å². The quantitative estimate of drug-likeness (QED) is 0.519. The number of rotatable bonds is 7. The molecule has 0 saturated heterocycles. The molecule has 0 bridgehead atoms. The lowest BCUT2D eigenvalue weighted by atomic mass is 10.1. The van der Waals surface area contributed by atoms with Gasteiger partial charge in [-0.3, -0.25) is 4.79 Å². The molecule has 0 fully saturated rings. The summed E-state index contributed by atoms with van der Waals surface area (Å²) in [4.78, 5) is 27.1. The summed E-state index contributed by atoms with van der Waals surface area (Å²) in [6, 6.07) is 5.61. The number of thioether (sulfide) groups is 1. The average molecular weight is 411 g/mol. The van der Waals surface area contributed by atoms with Crippen molar-refractivity contribution in [1.82, 2.24) is 20.3 Å². The monoisotopic (exact) mass is 410 g/mol. The second kappa shape index (κ2) is 8.96. The molecule has 1 atom stereocenters. The highest BCUT2D eigenvalue weighted by molar-refractivity contribution is 7.99. The van der Waals surface area contributed by atoms with Crippen molar-refractivity contribution in [2.24, 2.45) is 0 Å². The van der Waals surface area contributed by atoms with E-state index in [1.54, 1.807) is 30.8 Å². The predicted molar refractivity (Wildman–Crippen MR) is 104 cm³/mol. The normalized spacial score (nSPS) is 12.3. The summed E-state index contributed by atoms with van der Waals surface area (Å²) < 4.78 is 26.9. The van der Waals surface area contributed by atoms with Crippen LogP contribution in [0.1, 0.15) is 24.1 Å². The number of nitrogens with one attached hydrogen (secondary N) is 4. The lowest BCUT2D eigenvalue weighted by molar-refractivity contribution is -0.121. The largest absolute Gasteiger partial charge is 0.367 e. The zero-order valence-corrected chi connectivity index (χ0v) is 16.8. The van der Waals surface area contributed by atoms with E-state index in [4.69, 9.17) is 0 Å². The third-order valence-electron chi connectivity index (χ3n) is 3.84. The molecule has 0 spiro atoms. The molecule has 2 rings (SSSR count). The maximum atomic E-state index is 12.5. The number of amides is 3. The lowest BCUT2D eigenvalue weighted by Gasteiger charge is -2.14. The van der Waals surface area contributed by atoms with Crippen molar-refractivity contribution in [2.75, 3.05) is 13.3 Å². The van der Waals surface area contributed by atoms with Gasteiger partial charge >= 0.3 is 6.03 Å². The Morgan fingerprint density at radius 1 is 1.26 bits per heavy atom. The van der Waals surface area contributed by atoms with Gasteiger partial charge in [-0.05, 0) is 42.5 Å². The van der Waals surface area contributed by atoms with Gasteiger partial charge in [-0.15, -0.1) is 11.8 Å². The Bertz CT molecular complexity index is 911. The van der Waals surface area contributed by atoms with E-state index in [1.165, 1.54) is 24.9 Å². The second-order valence-corrected chi connectivity index (χ2v) is 8.28. The van der Waals surface area contributed by atoms with Gasteiger partial charge in [0.1, 0.15) is 4.90 Å². The van der Waals surface area contributed by atoms with Crippen LogP contribution in [0.25, 0.3) is 0 Å². The number of aromatic amines is 1. The molecule has 146 valence electrons. The Labute approximate surface area is 162 Å². The van der Waals surface area contributed by atoms with E-state index in [0.29, 0.717) is 10.5 Å². The van der Waals surface area contributed by atoms with Gasteiger partial charge in [0.15, 0.2) is 0 Å². The number of hydrogen-bond donors (Lipinski definition) is 4. The molecular formula is C17H22N4O4S2. The van der Waals surface area contributed by atoms with Gasteiger partial charge in [0, 0.05) is 24.3 Å². The van der Waals surface area contributed by atoms with Crippen LogP contribution in [0.5, 0.6) is 0 Å². The topological polar surface area (TPSA) is 120 Å². The van der Waals surface area contributed by atoms with Gasteiger partial charge in [0.2, 0.25) is 5.91 Å². The summed E-state index contributed by atoms with van der Waals surface area (Å²) >= 11 is 1.24. The Morgan fingerprint density at radius 2 is 2.00 bits per heavy atom. The average Bonchev–Trinajstić information content (AvgIpc) is 3.16. The van der Waals surface area contributed by atoms with Crippen molar-refractivity contribution in [3.05, 3.63) is 47.8 Å². The van der Waals surface area contributed by atoms with Crippen molar-refractivity contribution in [3.8, 4) is 0 Å². The summed E-state index contributed by atoms with van der Waals surface area (Å²) in [5, 5.41) is 5.07. The highest BCUT2D eigenvalue weighted by Gasteiger charge is 2.22. The van der Waals surface area contributed by atoms with Gasteiger partial charge in [0.05, 0.1) is 12.5 Å². The molecule has 1 aromatic heterocycles. The molecule has 1 unspecified atom stereocenters. The molecule has 2 aromatic rings. The molecule has 0 radical (unpaired) electrons. The third kappa shape index (κ3) is 5.51. The fourth-order valence-corrected chi connectivity index (χ4v) is 4.58. The van der Waals surface area contributed by atoms with Crippen LogP contribution in [-0.4, -0.2) is 38.6 Å². The molecule has 0 saturated carbocycles. The highest BCUT2D eigenvalue weighted by Crippen LogP contribution is 2.26. The molecule has 10 heteroatoms. The smallest absolute Gasteiger partial charge is 0.328 e. The minimum Gasteiger partial charge on any atom is -0.367 e. The summed E-state index contributed by atoms with van der Waals surface area (Å²) in [6.45, 7) is 1.86. The van der Waals surface area contributed by atoms with Crippen LogP contribution < -0.4 is 15.4 Å². The fraction of sp³-hybridized carbons (Fsp3) is 0.294. The number of benzene rings is 1. The number of hydrogen-bond acceptors (Lipinski definition) is 5. The standard InChI is InChI=1S/C17H22N4O4S2/c1-11(13-6-7-19-10-13)20-16(22)9-12-4-5-14(26-3)15(8-12)27(24,25)21-17(23)18-2/h4-8,10-11,19H,9H2,1-3H3,(H,20,22)(H2,18,21,23). The van der Waals surface area contributed by atoms with Crippen molar-refractivity contribution >= 4 is 33.7 Å². The Hall–Kier alpha value is -2.46. The zero-order valence-electron chi connectivity index (χ0n) is 15.2. The van der Waals surface area contributed by atoms with E-state index >= 15 is 0 Å². The first-order chi connectivity index (χ1) is 12.8. The van der Waals surface area contributed by atoms with Crippen LogP contribution >= 0.6 is 11.8 Å². The second-order valence-electron chi connectivity index (χ2n) is 5.78. The van der Waals surface area contributed by atoms with Gasteiger partial charge in [-0.2, -0.15) is 0 Å².